The first-order valence-electron chi connectivity index (χ1n) is 8.20. The van der Waals surface area contributed by atoms with Crippen LogP contribution in [0.3, 0.4) is 0 Å². The van der Waals surface area contributed by atoms with Crippen LogP contribution >= 0.6 is 0 Å². The van der Waals surface area contributed by atoms with Gasteiger partial charge in [-0.3, -0.25) is 0 Å². The van der Waals surface area contributed by atoms with E-state index < -0.39 is 0 Å². The maximum absolute atomic E-state index is 4.00. The van der Waals surface area contributed by atoms with Crippen molar-refractivity contribution >= 4 is 6.08 Å². The Bertz CT molecular complexity index is 445. The van der Waals surface area contributed by atoms with Crippen LogP contribution in [-0.2, 0) is 0 Å². The highest BCUT2D eigenvalue weighted by Crippen LogP contribution is 2.15. The van der Waals surface area contributed by atoms with E-state index >= 15 is 0 Å². The smallest absolute Gasteiger partial charge is 0.00397 e. The van der Waals surface area contributed by atoms with Gasteiger partial charge in [-0.05, 0) is 48.3 Å². The van der Waals surface area contributed by atoms with Crippen molar-refractivity contribution in [3.63, 3.8) is 0 Å². The van der Waals surface area contributed by atoms with Crippen molar-refractivity contribution in [3.8, 4) is 0 Å². The fourth-order valence-electron chi connectivity index (χ4n) is 1.26. The fraction of sp³-hybridized carbons (Fsp3) is 0.364. The molecule has 0 fully saturated rings. The van der Waals surface area contributed by atoms with Crippen LogP contribution < -0.4 is 0 Å². The van der Waals surface area contributed by atoms with Crippen molar-refractivity contribution in [1.29, 1.82) is 0 Å². The maximum atomic E-state index is 4.00. The van der Waals surface area contributed by atoms with Crippen LogP contribution in [0.2, 0.25) is 0 Å². The summed E-state index contributed by atoms with van der Waals surface area (Å²) >= 11 is 0. The molecule has 1 aromatic rings. The Hall–Kier alpha value is -2.00. The van der Waals surface area contributed by atoms with Crippen molar-refractivity contribution in [1.82, 2.24) is 0 Å². The lowest BCUT2D eigenvalue weighted by Gasteiger charge is -2.02. The van der Waals surface area contributed by atoms with Gasteiger partial charge in [0.1, 0.15) is 0 Å². The van der Waals surface area contributed by atoms with Crippen molar-refractivity contribution < 1.29 is 0 Å². The van der Waals surface area contributed by atoms with Gasteiger partial charge in [0, 0.05) is 0 Å². The number of hydrogen-bond acceptors (Lipinski definition) is 0. The van der Waals surface area contributed by atoms with Gasteiger partial charge >= 0.3 is 0 Å². The second kappa shape index (κ2) is 19.0. The van der Waals surface area contributed by atoms with E-state index in [4.69, 9.17) is 0 Å². The molecule has 0 heterocycles. The van der Waals surface area contributed by atoms with E-state index in [2.05, 4.69) is 38.3 Å². The molecule has 0 amide bonds. The van der Waals surface area contributed by atoms with Gasteiger partial charge in [-0.25, -0.2) is 0 Å². The molecule has 0 aliphatic rings. The van der Waals surface area contributed by atoms with Crippen LogP contribution in [-0.4, -0.2) is 0 Å². The third kappa shape index (κ3) is 11.8. The molecular weight excluding hydrogens is 264 g/mol. The molecule has 0 unspecified atom stereocenters. The third-order valence-corrected chi connectivity index (χ3v) is 2.37. The summed E-state index contributed by atoms with van der Waals surface area (Å²) in [4.78, 5) is 0. The van der Waals surface area contributed by atoms with Crippen LogP contribution in [0.4, 0.5) is 0 Å². The van der Waals surface area contributed by atoms with Crippen molar-refractivity contribution in [2.75, 3.05) is 0 Å². The standard InChI is InChI=1S/C16H16.3C2H6/c1-5-6-9-13(2)15(4)12-16-11-8-7-10-14(16)3;3*1-2/h5-6,9-12H,1-2H2,3-4H3;3*1-2H3/b9-6-,15-12-;;;. The Balaban J connectivity index is -0.000000535. The lowest BCUT2D eigenvalue weighted by atomic mass is 10.0. The summed E-state index contributed by atoms with van der Waals surface area (Å²) in [6, 6.07) is 9.76. The molecule has 0 aliphatic heterocycles. The first-order chi connectivity index (χ1) is 10.6. The van der Waals surface area contributed by atoms with Gasteiger partial charge in [0.2, 0.25) is 0 Å². The highest BCUT2D eigenvalue weighted by molar-refractivity contribution is 5.61. The summed E-state index contributed by atoms with van der Waals surface area (Å²) in [7, 11) is 0. The topological polar surface area (TPSA) is 0 Å². The predicted molar refractivity (Wildman–Crippen MR) is 105 cm³/mol. The summed E-state index contributed by atoms with van der Waals surface area (Å²) < 4.78 is 0. The second-order valence-electron chi connectivity index (χ2n) is 3.66. The normalized spacial score (nSPS) is 9.00. The molecular formula is C22H34. The summed E-state index contributed by atoms with van der Waals surface area (Å²) in [5.41, 5.74) is 4.48. The predicted octanol–water partition coefficient (Wildman–Crippen LogP) is 7.38. The number of rotatable bonds is 4. The molecule has 22 heavy (non-hydrogen) atoms. The highest BCUT2D eigenvalue weighted by atomic mass is 14.0. The Morgan fingerprint density at radius 3 is 1.95 bits per heavy atom. The van der Waals surface area contributed by atoms with E-state index in [1.807, 2.05) is 72.8 Å². The van der Waals surface area contributed by atoms with Crippen LogP contribution in [0.5, 0.6) is 0 Å². The molecule has 1 rings (SSSR count). The van der Waals surface area contributed by atoms with E-state index in [1.54, 1.807) is 6.08 Å². The minimum absolute atomic E-state index is 0.993. The van der Waals surface area contributed by atoms with Gasteiger partial charge in [-0.1, -0.05) is 91.1 Å². The van der Waals surface area contributed by atoms with E-state index in [9.17, 15) is 0 Å². The molecule has 0 radical (unpaired) electrons. The van der Waals surface area contributed by atoms with E-state index in [1.165, 1.54) is 5.56 Å². The van der Waals surface area contributed by atoms with Gasteiger partial charge in [0.15, 0.2) is 0 Å². The molecule has 0 atom stereocenters. The third-order valence-electron chi connectivity index (χ3n) is 2.37. The van der Waals surface area contributed by atoms with E-state index in [-0.39, 0.29) is 0 Å². The SMILES string of the molecule is C=C/C=C\C(=C)/C(C)=C\c1cc#ccc1C.CC.CC.CC. The minimum Gasteiger partial charge on any atom is -0.0991 e. The Morgan fingerprint density at radius 2 is 1.50 bits per heavy atom. The fourth-order valence-corrected chi connectivity index (χ4v) is 1.26. The summed E-state index contributed by atoms with van der Waals surface area (Å²) in [6.07, 6.45) is 7.69. The van der Waals surface area contributed by atoms with Gasteiger partial charge in [0.25, 0.3) is 0 Å². The maximum Gasteiger partial charge on any atom is -0.00397 e. The van der Waals surface area contributed by atoms with Crippen LogP contribution in [0.25, 0.3) is 6.08 Å². The van der Waals surface area contributed by atoms with Gasteiger partial charge in [-0.15, -0.1) is 0 Å². The van der Waals surface area contributed by atoms with Crippen LogP contribution in [0.1, 0.15) is 59.6 Å². The Labute approximate surface area is 140 Å². The molecule has 0 heteroatoms. The summed E-state index contributed by atoms with van der Waals surface area (Å²) in [5.74, 6) is 0. The first kappa shape index (κ1) is 25.0. The molecule has 1 aromatic carbocycles. The quantitative estimate of drug-likeness (QED) is 0.509. The number of aryl methyl sites for hydroxylation is 1. The molecule has 0 nitrogen and oxygen atoms in total. The molecule has 0 aliphatic carbocycles. The summed E-state index contributed by atoms with van der Waals surface area (Å²) in [5, 5.41) is 0. The Morgan fingerprint density at radius 1 is 1.00 bits per heavy atom. The number of allylic oxidation sites excluding steroid dienone is 5. The molecule has 122 valence electrons. The molecule has 0 aromatic heterocycles. The Kier molecular flexibility index (Phi) is 21.6. The molecule has 0 bridgehead atoms. The minimum atomic E-state index is 0.993. The average Bonchev–Trinajstić information content (AvgIpc) is 2.60. The van der Waals surface area contributed by atoms with Crippen molar-refractivity contribution in [2.45, 2.75) is 55.4 Å². The van der Waals surface area contributed by atoms with Gasteiger partial charge in [0.05, 0.1) is 0 Å². The molecule has 0 saturated carbocycles. The molecule has 0 saturated heterocycles. The van der Waals surface area contributed by atoms with Crippen LogP contribution in [0, 0.1) is 19.1 Å². The lowest BCUT2D eigenvalue weighted by molar-refractivity contribution is 1.42. The monoisotopic (exact) mass is 298 g/mol. The number of hydrogen-bond donors (Lipinski definition) is 0. The molecule has 0 N–H and O–H groups in total. The van der Waals surface area contributed by atoms with Gasteiger partial charge in [-0.2, -0.15) is 0 Å². The van der Waals surface area contributed by atoms with Crippen LogP contribution in [0.15, 0.2) is 54.7 Å². The van der Waals surface area contributed by atoms with Gasteiger partial charge < -0.3 is 0 Å². The van der Waals surface area contributed by atoms with E-state index in [0.717, 1.165) is 16.7 Å². The second-order valence-corrected chi connectivity index (χ2v) is 3.66. The molecule has 0 spiro atoms. The van der Waals surface area contributed by atoms with E-state index in [0.29, 0.717) is 0 Å². The zero-order chi connectivity index (χ0) is 18.0. The zero-order valence-corrected chi connectivity index (χ0v) is 15.9. The first-order valence-corrected chi connectivity index (χ1v) is 8.20. The van der Waals surface area contributed by atoms with Crippen molar-refractivity contribution in [2.24, 2.45) is 0 Å². The highest BCUT2D eigenvalue weighted by Gasteiger charge is 1.95. The lowest BCUT2D eigenvalue weighted by Crippen LogP contribution is -1.82. The van der Waals surface area contributed by atoms with Crippen molar-refractivity contribution in [3.05, 3.63) is 77.9 Å². The summed E-state index contributed by atoms with van der Waals surface area (Å²) in [6.45, 7) is 23.7. The average molecular weight is 299 g/mol. The largest absolute Gasteiger partial charge is 0.0991 e. The zero-order valence-electron chi connectivity index (χ0n) is 15.9.